The number of fused-ring (bicyclic) bond motifs is 6. The van der Waals surface area contributed by atoms with Crippen LogP contribution in [0.3, 0.4) is 0 Å². The first kappa shape index (κ1) is 63.4. The maximum atomic E-state index is 15.2. The zero-order chi connectivity index (χ0) is 57.3. The van der Waals surface area contributed by atoms with E-state index < -0.39 is 87.4 Å². The van der Waals surface area contributed by atoms with E-state index in [2.05, 4.69) is 99.7 Å². The highest BCUT2D eigenvalue weighted by Gasteiger charge is 2.58. The number of ketones is 1. The van der Waals surface area contributed by atoms with E-state index in [4.69, 9.17) is 37.3 Å². The van der Waals surface area contributed by atoms with E-state index in [0.717, 1.165) is 48.9 Å². The lowest BCUT2D eigenvalue weighted by atomic mass is 9.74. The van der Waals surface area contributed by atoms with Crippen LogP contribution in [0.4, 0.5) is 0 Å². The first-order chi connectivity index (χ1) is 36.5. The monoisotopic (exact) mass is 1120 g/mol. The third-order valence-corrected chi connectivity index (χ3v) is 27.0. The molecule has 2 aromatic rings. The molecule has 0 radical (unpaired) electrons. The van der Waals surface area contributed by atoms with Crippen LogP contribution in [0.5, 0.6) is 0 Å². The zero-order valence-electron chi connectivity index (χ0n) is 49.8. The fraction of sp³-hybridized carbons (Fsp3) is 0.683. The molecule has 0 saturated carbocycles. The number of carbonyl (C=O) groups is 4. The predicted octanol–water partition coefficient (Wildman–Crippen LogP) is 11.6. The number of ether oxygens (including phenoxy) is 6. The number of carbonyl (C=O) groups excluding carboxylic acids is 4. The van der Waals surface area contributed by atoms with Crippen molar-refractivity contribution in [1.29, 1.82) is 0 Å². The van der Waals surface area contributed by atoms with Gasteiger partial charge in [0.25, 0.3) is 8.32 Å². The molecular formula is C63H96O13Si2. The van der Waals surface area contributed by atoms with Crippen LogP contribution in [0.1, 0.15) is 172 Å². The molecule has 9 atom stereocenters. The Hall–Kier alpha value is -3.81. The number of Topliss-reactive ketones (excluding diaryl/α,β-unsaturated/α-hetero) is 1. The second kappa shape index (κ2) is 26.4. The zero-order valence-corrected chi connectivity index (χ0v) is 51.8. The van der Waals surface area contributed by atoms with Crippen LogP contribution >= 0.6 is 0 Å². The summed E-state index contributed by atoms with van der Waals surface area (Å²) in [6.45, 7) is 27.5. The Balaban J connectivity index is 1.49. The number of hydrogen-bond acceptors (Lipinski definition) is 13. The van der Waals surface area contributed by atoms with Crippen LogP contribution in [-0.4, -0.2) is 114 Å². The van der Waals surface area contributed by atoms with Gasteiger partial charge in [0.05, 0.1) is 56.8 Å². The van der Waals surface area contributed by atoms with Gasteiger partial charge in [0.15, 0.2) is 14.4 Å². The van der Waals surface area contributed by atoms with Gasteiger partial charge in [-0.05, 0) is 76.6 Å². The van der Waals surface area contributed by atoms with Gasteiger partial charge in [0, 0.05) is 43.6 Å². The third kappa shape index (κ3) is 15.8. The number of unbranched alkanes of at least 4 members (excludes halogenated alkanes) is 4. The van der Waals surface area contributed by atoms with Gasteiger partial charge >= 0.3 is 17.9 Å². The second-order valence-corrected chi connectivity index (χ2v) is 35.6. The number of rotatable bonds is 15. The largest absolute Gasteiger partial charge is 0.466 e. The molecule has 6 rings (SSSR count). The highest BCUT2D eigenvalue weighted by molar-refractivity contribution is 6.99. The van der Waals surface area contributed by atoms with Crippen molar-refractivity contribution in [1.82, 2.24) is 0 Å². The molecule has 1 N–H and O–H groups in total. The summed E-state index contributed by atoms with van der Waals surface area (Å²) in [5.41, 5.74) is -1.33. The molecule has 13 nitrogen and oxygen atoms in total. The Morgan fingerprint density at radius 1 is 0.782 bits per heavy atom. The van der Waals surface area contributed by atoms with E-state index in [1.165, 1.54) is 13.2 Å². The molecular weight excluding hydrogens is 1020 g/mol. The fourth-order valence-electron chi connectivity index (χ4n) is 11.5. The van der Waals surface area contributed by atoms with Crippen molar-refractivity contribution in [3.8, 4) is 0 Å². The first-order valence-corrected chi connectivity index (χ1v) is 33.9. The van der Waals surface area contributed by atoms with E-state index in [1.54, 1.807) is 26.0 Å². The Morgan fingerprint density at radius 3 is 2.03 bits per heavy atom. The molecule has 4 heterocycles. The van der Waals surface area contributed by atoms with E-state index >= 15 is 4.79 Å². The third-order valence-electron chi connectivity index (χ3n) is 17.4. The molecule has 4 aliphatic rings. The lowest BCUT2D eigenvalue weighted by Crippen LogP contribution is -2.68. The molecule has 6 bridgehead atoms. The molecule has 15 heteroatoms. The number of benzene rings is 2. The summed E-state index contributed by atoms with van der Waals surface area (Å²) in [6.07, 6.45) is 6.67. The SMILES string of the molecule is CCCCCCCC(=O)O[C@H]1/C(=C/C(=O)OC)C[C@H]2C[C@H](CO[Si](C)(C)C(C)(C)C)OC(=O)C[C@H](O[Si](c3ccccc3)(c3ccccc3)C(C)(C)C)C[C@@H]3CCC(C)(C)[C@H](C[C@@H]4CC(=O)C[C@H](/C=C/C(C)(C)[C@]1(O)O2)O4)O3. The van der Waals surface area contributed by atoms with Gasteiger partial charge in [-0.3, -0.25) is 14.4 Å². The minimum atomic E-state index is -3.25. The molecule has 0 spiro atoms. The highest BCUT2D eigenvalue weighted by Crippen LogP contribution is 2.48. The molecule has 2 aromatic carbocycles. The number of hydrogen-bond donors (Lipinski definition) is 1. The Bertz CT molecular complexity index is 2330. The molecule has 0 unspecified atom stereocenters. The predicted molar refractivity (Wildman–Crippen MR) is 309 cm³/mol. The Labute approximate surface area is 469 Å². The lowest BCUT2D eigenvalue weighted by Gasteiger charge is -2.51. The average Bonchev–Trinajstić information content (AvgIpc) is 3.53. The van der Waals surface area contributed by atoms with Crippen molar-refractivity contribution in [2.24, 2.45) is 10.8 Å². The molecule has 0 amide bonds. The van der Waals surface area contributed by atoms with Gasteiger partial charge in [0.1, 0.15) is 11.9 Å². The topological polar surface area (TPSA) is 162 Å². The van der Waals surface area contributed by atoms with Crippen molar-refractivity contribution in [2.75, 3.05) is 13.7 Å². The minimum absolute atomic E-state index is 0.0256. The molecule has 434 valence electrons. The number of methoxy groups -OCH3 is 1. The van der Waals surface area contributed by atoms with Crippen molar-refractivity contribution in [2.45, 2.75) is 250 Å². The van der Waals surface area contributed by atoms with Crippen molar-refractivity contribution in [3.05, 3.63) is 84.5 Å². The molecule has 4 aliphatic heterocycles. The van der Waals surface area contributed by atoms with Gasteiger partial charge in [-0.25, -0.2) is 4.79 Å². The average molecular weight is 1120 g/mol. The van der Waals surface area contributed by atoms with Crippen LogP contribution in [0.15, 0.2) is 84.5 Å². The van der Waals surface area contributed by atoms with Crippen LogP contribution in [0.2, 0.25) is 23.2 Å². The van der Waals surface area contributed by atoms with Crippen LogP contribution in [-0.2, 0) is 56.5 Å². The van der Waals surface area contributed by atoms with Gasteiger partial charge in [-0.2, -0.15) is 0 Å². The van der Waals surface area contributed by atoms with Crippen LogP contribution in [0, 0.1) is 10.8 Å². The lowest BCUT2D eigenvalue weighted by molar-refractivity contribution is -0.327. The summed E-state index contributed by atoms with van der Waals surface area (Å²) in [5.74, 6) is -3.98. The summed E-state index contributed by atoms with van der Waals surface area (Å²) in [7, 11) is -4.45. The van der Waals surface area contributed by atoms with Gasteiger partial charge in [0.2, 0.25) is 5.79 Å². The summed E-state index contributed by atoms with van der Waals surface area (Å²) in [6, 6.07) is 20.8. The maximum absolute atomic E-state index is 15.2. The fourth-order valence-corrected chi connectivity index (χ4v) is 17.3. The molecule has 3 fully saturated rings. The number of aliphatic hydroxyl groups is 1. The number of cyclic esters (lactones) is 1. The van der Waals surface area contributed by atoms with Crippen LogP contribution in [0.25, 0.3) is 0 Å². The van der Waals surface area contributed by atoms with Gasteiger partial charge < -0.3 is 42.4 Å². The van der Waals surface area contributed by atoms with Crippen LogP contribution < -0.4 is 10.4 Å². The normalized spacial score (nSPS) is 29.4. The first-order valence-electron chi connectivity index (χ1n) is 29.0. The van der Waals surface area contributed by atoms with E-state index in [0.29, 0.717) is 19.3 Å². The molecule has 78 heavy (non-hydrogen) atoms. The van der Waals surface area contributed by atoms with Crippen molar-refractivity contribution < 1.29 is 61.6 Å². The van der Waals surface area contributed by atoms with Crippen molar-refractivity contribution >= 4 is 50.7 Å². The summed E-state index contributed by atoms with van der Waals surface area (Å²) in [5, 5.41) is 15.0. The highest BCUT2D eigenvalue weighted by atomic mass is 28.4. The Morgan fingerprint density at radius 2 is 1.42 bits per heavy atom. The number of esters is 3. The quantitative estimate of drug-likeness (QED) is 0.0448. The minimum Gasteiger partial charge on any atom is -0.466 e. The van der Waals surface area contributed by atoms with E-state index in [-0.39, 0.29) is 79.1 Å². The molecule has 0 aliphatic carbocycles. The molecule has 3 saturated heterocycles. The molecule has 0 aromatic heterocycles. The second-order valence-electron chi connectivity index (χ2n) is 26.5. The standard InChI is InChI=1S/C63H96O13Si2/c1-15-16-17-18-25-30-55(65)74-58-44(36-56(66)69-12)35-49-40-51(43-70-77(13,14)59(2,3)4)73-57(67)42-50(76-78(60(5,6)7,52-26-21-19-22-27-52)53-28-23-20-24-29-53)39-47-31-33-61(8,9)54(72-47)41-48-38-45(64)37-46(71-48)32-34-62(10,11)63(58,68)75-49/h19-24,26-29,32,34,36,46-51,54,58,68H,15-18,25,30-31,33,35,37-43H2,1-14H3/b34-32+,44-36+/t46-,47-,48-,49-,50+,51+,54-,58-,63+/m0/s1. The van der Waals surface area contributed by atoms with Gasteiger partial charge in [-0.1, -0.05) is 175 Å². The Kier molecular flexibility index (Phi) is 21.5. The van der Waals surface area contributed by atoms with Gasteiger partial charge in [-0.15, -0.1) is 0 Å². The van der Waals surface area contributed by atoms with E-state index in [9.17, 15) is 19.5 Å². The summed E-state index contributed by atoms with van der Waals surface area (Å²) >= 11 is 0. The van der Waals surface area contributed by atoms with Crippen molar-refractivity contribution in [3.63, 3.8) is 0 Å². The smallest absolute Gasteiger partial charge is 0.330 e. The summed E-state index contributed by atoms with van der Waals surface area (Å²) in [4.78, 5) is 56.1. The van der Waals surface area contributed by atoms with E-state index in [1.807, 2.05) is 36.4 Å². The maximum Gasteiger partial charge on any atom is 0.330 e. The summed E-state index contributed by atoms with van der Waals surface area (Å²) < 4.78 is 53.7.